The van der Waals surface area contributed by atoms with Crippen LogP contribution < -0.4 is 4.74 Å². The molecular formula is C16H16O4. The van der Waals surface area contributed by atoms with Crippen LogP contribution in [0.4, 0.5) is 0 Å². The molecule has 0 radical (unpaired) electrons. The lowest BCUT2D eigenvalue weighted by Gasteiger charge is -2.32. The van der Waals surface area contributed by atoms with Gasteiger partial charge in [-0.15, -0.1) is 0 Å². The van der Waals surface area contributed by atoms with Crippen LogP contribution in [0.3, 0.4) is 0 Å². The minimum atomic E-state index is -1.27. The lowest BCUT2D eigenvalue weighted by atomic mass is 9.75. The molecule has 1 aliphatic carbocycles. The predicted octanol–water partition coefficient (Wildman–Crippen LogP) is 2.71. The number of methoxy groups -OCH3 is 1. The SMILES string of the molecule is COc1ccc2c(c1C)C(C)(O)c1c(C)coc1C2=O. The molecule has 1 atom stereocenters. The lowest BCUT2D eigenvalue weighted by Crippen LogP contribution is -2.33. The van der Waals surface area contributed by atoms with Gasteiger partial charge in [0.25, 0.3) is 0 Å². The minimum absolute atomic E-state index is 0.194. The highest BCUT2D eigenvalue weighted by molar-refractivity contribution is 6.11. The molecule has 2 aromatic rings. The number of rotatable bonds is 1. The van der Waals surface area contributed by atoms with Crippen molar-refractivity contribution in [3.8, 4) is 5.75 Å². The molecule has 0 fully saturated rings. The first-order valence-corrected chi connectivity index (χ1v) is 6.43. The molecule has 20 heavy (non-hydrogen) atoms. The normalized spacial score (nSPS) is 20.6. The summed E-state index contributed by atoms with van der Waals surface area (Å²) in [5.74, 6) is 0.686. The Bertz CT molecular complexity index is 722. The van der Waals surface area contributed by atoms with Crippen molar-refractivity contribution in [2.45, 2.75) is 26.4 Å². The van der Waals surface area contributed by atoms with Gasteiger partial charge in [0.1, 0.15) is 11.4 Å². The van der Waals surface area contributed by atoms with E-state index in [-0.39, 0.29) is 11.5 Å². The second kappa shape index (κ2) is 3.96. The fourth-order valence-corrected chi connectivity index (χ4v) is 3.19. The molecule has 0 aliphatic heterocycles. The number of hydrogen-bond donors (Lipinski definition) is 1. The molecule has 4 nitrogen and oxygen atoms in total. The lowest BCUT2D eigenvalue weighted by molar-refractivity contribution is 0.0822. The summed E-state index contributed by atoms with van der Waals surface area (Å²) in [5.41, 5.74) is 1.88. The third-order valence-electron chi connectivity index (χ3n) is 4.03. The average Bonchev–Trinajstić information content (AvgIpc) is 2.79. The summed E-state index contributed by atoms with van der Waals surface area (Å²) >= 11 is 0. The highest BCUT2D eigenvalue weighted by atomic mass is 16.5. The average molecular weight is 272 g/mol. The largest absolute Gasteiger partial charge is 0.496 e. The van der Waals surface area contributed by atoms with Gasteiger partial charge in [-0.25, -0.2) is 0 Å². The molecule has 0 saturated carbocycles. The van der Waals surface area contributed by atoms with Crippen LogP contribution in [-0.4, -0.2) is 18.0 Å². The van der Waals surface area contributed by atoms with Crippen LogP contribution in [-0.2, 0) is 5.60 Å². The first-order valence-electron chi connectivity index (χ1n) is 6.43. The standard InChI is InChI=1S/C16H16O4/c1-8-7-20-15-12(8)16(3,18)13-9(2)11(19-4)6-5-10(13)14(15)17/h5-7,18H,1-4H3. The van der Waals surface area contributed by atoms with Crippen molar-refractivity contribution in [2.75, 3.05) is 7.11 Å². The Morgan fingerprint density at radius 1 is 1.25 bits per heavy atom. The van der Waals surface area contributed by atoms with Crippen molar-refractivity contribution in [2.24, 2.45) is 0 Å². The van der Waals surface area contributed by atoms with Gasteiger partial charge in [0.15, 0.2) is 5.76 Å². The fraction of sp³-hybridized carbons (Fsp3) is 0.312. The number of aliphatic hydroxyl groups is 1. The number of fused-ring (bicyclic) bond motifs is 2. The summed E-state index contributed by atoms with van der Waals surface area (Å²) in [6.45, 7) is 5.36. The molecule has 1 aromatic heterocycles. The van der Waals surface area contributed by atoms with Gasteiger partial charge in [0.05, 0.1) is 13.4 Å². The van der Waals surface area contributed by atoms with E-state index in [1.54, 1.807) is 26.2 Å². The number of furan rings is 1. The van der Waals surface area contributed by atoms with E-state index in [0.717, 1.165) is 11.1 Å². The molecule has 0 amide bonds. The molecule has 1 N–H and O–H groups in total. The van der Waals surface area contributed by atoms with Gasteiger partial charge in [0, 0.05) is 16.7 Å². The zero-order valence-corrected chi connectivity index (χ0v) is 11.9. The molecule has 1 aromatic carbocycles. The van der Waals surface area contributed by atoms with Gasteiger partial charge in [-0.2, -0.15) is 0 Å². The van der Waals surface area contributed by atoms with E-state index in [9.17, 15) is 9.90 Å². The van der Waals surface area contributed by atoms with Crippen LogP contribution in [0.25, 0.3) is 0 Å². The summed E-state index contributed by atoms with van der Waals surface area (Å²) < 4.78 is 10.6. The molecule has 104 valence electrons. The predicted molar refractivity (Wildman–Crippen MR) is 73.3 cm³/mol. The quantitative estimate of drug-likeness (QED) is 0.867. The van der Waals surface area contributed by atoms with Crippen molar-refractivity contribution in [1.29, 1.82) is 0 Å². The van der Waals surface area contributed by atoms with E-state index < -0.39 is 5.60 Å². The first kappa shape index (κ1) is 12.9. The van der Waals surface area contributed by atoms with Crippen LogP contribution in [0.5, 0.6) is 5.75 Å². The summed E-state index contributed by atoms with van der Waals surface area (Å²) in [6, 6.07) is 3.42. The van der Waals surface area contributed by atoms with Crippen LogP contribution in [0.1, 0.15) is 45.3 Å². The van der Waals surface area contributed by atoms with E-state index in [0.29, 0.717) is 22.4 Å². The first-order chi connectivity index (χ1) is 9.39. The molecule has 1 heterocycles. The minimum Gasteiger partial charge on any atom is -0.496 e. The van der Waals surface area contributed by atoms with E-state index in [4.69, 9.17) is 9.15 Å². The number of carbonyl (C=O) groups excluding carboxylic acids is 1. The zero-order valence-electron chi connectivity index (χ0n) is 11.9. The number of hydrogen-bond acceptors (Lipinski definition) is 4. The molecule has 4 heteroatoms. The van der Waals surface area contributed by atoms with Gasteiger partial charge in [-0.05, 0) is 44.0 Å². The number of aryl methyl sites for hydroxylation is 1. The van der Waals surface area contributed by atoms with Gasteiger partial charge in [0.2, 0.25) is 5.78 Å². The van der Waals surface area contributed by atoms with E-state index >= 15 is 0 Å². The van der Waals surface area contributed by atoms with Gasteiger partial charge < -0.3 is 14.3 Å². The van der Waals surface area contributed by atoms with Gasteiger partial charge >= 0.3 is 0 Å². The van der Waals surface area contributed by atoms with E-state index in [2.05, 4.69) is 0 Å². The fourth-order valence-electron chi connectivity index (χ4n) is 3.19. The summed E-state index contributed by atoms with van der Waals surface area (Å²) in [5, 5.41) is 11.0. The number of carbonyl (C=O) groups is 1. The van der Waals surface area contributed by atoms with Crippen molar-refractivity contribution in [3.63, 3.8) is 0 Å². The van der Waals surface area contributed by atoms with Crippen molar-refractivity contribution >= 4 is 5.78 Å². The third-order valence-corrected chi connectivity index (χ3v) is 4.03. The maximum Gasteiger partial charge on any atom is 0.229 e. The molecule has 1 unspecified atom stereocenters. The molecule has 0 spiro atoms. The molecule has 0 saturated heterocycles. The zero-order chi connectivity index (χ0) is 14.7. The Balaban J connectivity index is 2.40. The van der Waals surface area contributed by atoms with Crippen LogP contribution in [0, 0.1) is 13.8 Å². The number of benzene rings is 1. The third kappa shape index (κ3) is 1.42. The second-order valence-electron chi connectivity index (χ2n) is 5.34. The smallest absolute Gasteiger partial charge is 0.229 e. The summed E-state index contributed by atoms with van der Waals surface area (Å²) in [6.07, 6.45) is 1.51. The van der Waals surface area contributed by atoms with Gasteiger partial charge in [-0.3, -0.25) is 4.79 Å². The van der Waals surface area contributed by atoms with Crippen molar-refractivity contribution in [1.82, 2.24) is 0 Å². The van der Waals surface area contributed by atoms with Gasteiger partial charge in [-0.1, -0.05) is 0 Å². The van der Waals surface area contributed by atoms with Crippen LogP contribution in [0.2, 0.25) is 0 Å². The van der Waals surface area contributed by atoms with Crippen molar-refractivity contribution in [3.05, 3.63) is 52.0 Å². The maximum absolute atomic E-state index is 12.5. The highest BCUT2D eigenvalue weighted by Gasteiger charge is 2.43. The Labute approximate surface area is 117 Å². The van der Waals surface area contributed by atoms with Crippen LogP contribution in [0.15, 0.2) is 22.8 Å². The molecule has 0 bridgehead atoms. The van der Waals surface area contributed by atoms with E-state index in [1.807, 2.05) is 13.8 Å². The maximum atomic E-state index is 12.5. The Morgan fingerprint density at radius 2 is 1.95 bits per heavy atom. The summed E-state index contributed by atoms with van der Waals surface area (Å²) in [4.78, 5) is 12.5. The molecule has 3 rings (SSSR count). The molecule has 1 aliphatic rings. The summed E-state index contributed by atoms with van der Waals surface area (Å²) in [7, 11) is 1.57. The number of ether oxygens (including phenoxy) is 1. The second-order valence-corrected chi connectivity index (χ2v) is 5.34. The monoisotopic (exact) mass is 272 g/mol. The molecular weight excluding hydrogens is 256 g/mol. The number of ketones is 1. The topological polar surface area (TPSA) is 59.7 Å². The van der Waals surface area contributed by atoms with Crippen LogP contribution >= 0.6 is 0 Å². The van der Waals surface area contributed by atoms with Crippen molar-refractivity contribution < 1.29 is 19.1 Å². The Hall–Kier alpha value is -2.07. The highest BCUT2D eigenvalue weighted by Crippen LogP contribution is 2.45. The Kier molecular flexibility index (Phi) is 2.56. The Morgan fingerprint density at radius 3 is 2.60 bits per heavy atom. The van der Waals surface area contributed by atoms with E-state index in [1.165, 1.54) is 6.26 Å².